The maximum Gasteiger partial charge on any atom is 0.408 e. The molecule has 138 valence electrons. The van der Waals surface area contributed by atoms with Gasteiger partial charge in [-0.1, -0.05) is 32.0 Å². The number of para-hydroxylation sites is 1. The minimum absolute atomic E-state index is 0.315. The molecule has 1 atom stereocenters. The first kappa shape index (κ1) is 20.5. The van der Waals surface area contributed by atoms with Gasteiger partial charge in [0, 0.05) is 23.5 Å². The van der Waals surface area contributed by atoms with Crippen LogP contribution in [0.5, 0.6) is 0 Å². The molecular formula is C19H28N2O4. The van der Waals surface area contributed by atoms with Crippen LogP contribution in [0, 0.1) is 0 Å². The summed E-state index contributed by atoms with van der Waals surface area (Å²) in [6.07, 6.45) is 1.50. The number of nitrogens with one attached hydrogen (secondary N) is 2. The van der Waals surface area contributed by atoms with Gasteiger partial charge in [-0.15, -0.1) is 0 Å². The van der Waals surface area contributed by atoms with Crippen molar-refractivity contribution in [3.63, 3.8) is 0 Å². The molecule has 0 spiro atoms. The van der Waals surface area contributed by atoms with Gasteiger partial charge in [-0.2, -0.15) is 0 Å². The van der Waals surface area contributed by atoms with E-state index in [1.165, 1.54) is 7.11 Å². The summed E-state index contributed by atoms with van der Waals surface area (Å²) in [6, 6.07) is 6.96. The zero-order chi connectivity index (χ0) is 19.0. The average molecular weight is 348 g/mol. The number of aromatic nitrogens is 1. The van der Waals surface area contributed by atoms with Crippen LogP contribution >= 0.6 is 0 Å². The highest BCUT2D eigenvalue weighted by molar-refractivity contribution is 5.86. The number of fused-ring (bicyclic) bond motifs is 1. The highest BCUT2D eigenvalue weighted by Gasteiger charge is 2.26. The van der Waals surface area contributed by atoms with Gasteiger partial charge in [0.1, 0.15) is 11.6 Å². The lowest BCUT2D eigenvalue weighted by molar-refractivity contribution is -0.143. The second-order valence-corrected chi connectivity index (χ2v) is 6.29. The summed E-state index contributed by atoms with van der Waals surface area (Å²) in [5, 5.41) is 3.58. The number of alkyl carbamates (subject to hydrolysis) is 1. The first-order valence-corrected chi connectivity index (χ1v) is 8.42. The predicted octanol–water partition coefficient (Wildman–Crippen LogP) is 3.80. The van der Waals surface area contributed by atoms with E-state index in [2.05, 4.69) is 10.3 Å². The molecule has 1 amide bonds. The van der Waals surface area contributed by atoms with Crippen molar-refractivity contribution in [2.45, 2.75) is 52.7 Å². The van der Waals surface area contributed by atoms with Crippen LogP contribution in [0.2, 0.25) is 0 Å². The van der Waals surface area contributed by atoms with E-state index in [0.717, 1.165) is 16.5 Å². The molecular weight excluding hydrogens is 320 g/mol. The van der Waals surface area contributed by atoms with E-state index in [0.29, 0.717) is 6.42 Å². The molecule has 6 heteroatoms. The second-order valence-electron chi connectivity index (χ2n) is 6.29. The molecule has 1 heterocycles. The lowest BCUT2D eigenvalue weighted by Gasteiger charge is -2.22. The third-order valence-corrected chi connectivity index (χ3v) is 3.28. The Balaban J connectivity index is 0.00000151. The Labute approximate surface area is 148 Å². The summed E-state index contributed by atoms with van der Waals surface area (Å²) in [4.78, 5) is 27.1. The third kappa shape index (κ3) is 6.14. The lowest BCUT2D eigenvalue weighted by Crippen LogP contribution is -2.45. The summed E-state index contributed by atoms with van der Waals surface area (Å²) < 4.78 is 9.99. The maximum atomic E-state index is 12.0. The van der Waals surface area contributed by atoms with Gasteiger partial charge >= 0.3 is 12.1 Å². The van der Waals surface area contributed by atoms with E-state index in [1.807, 2.05) is 44.3 Å². The van der Waals surface area contributed by atoms with Crippen molar-refractivity contribution in [1.29, 1.82) is 0 Å². The molecule has 1 aromatic carbocycles. The van der Waals surface area contributed by atoms with E-state index in [1.54, 1.807) is 20.8 Å². The van der Waals surface area contributed by atoms with Gasteiger partial charge in [0.15, 0.2) is 0 Å². The molecule has 0 bridgehead atoms. The predicted molar refractivity (Wildman–Crippen MR) is 98.5 cm³/mol. The Morgan fingerprint density at radius 1 is 1.20 bits per heavy atom. The van der Waals surface area contributed by atoms with Gasteiger partial charge in [0.25, 0.3) is 0 Å². The number of rotatable bonds is 4. The number of benzene rings is 1. The number of carbonyl (C=O) groups is 2. The Morgan fingerprint density at radius 2 is 1.84 bits per heavy atom. The molecule has 25 heavy (non-hydrogen) atoms. The Hall–Kier alpha value is -2.50. The van der Waals surface area contributed by atoms with E-state index >= 15 is 0 Å². The molecule has 0 aliphatic rings. The zero-order valence-electron chi connectivity index (χ0n) is 15.8. The highest BCUT2D eigenvalue weighted by atomic mass is 16.6. The molecule has 1 aromatic heterocycles. The smallest absolute Gasteiger partial charge is 0.408 e. The van der Waals surface area contributed by atoms with E-state index < -0.39 is 23.7 Å². The van der Waals surface area contributed by atoms with Gasteiger partial charge in [0.2, 0.25) is 0 Å². The van der Waals surface area contributed by atoms with Crippen molar-refractivity contribution in [1.82, 2.24) is 10.3 Å². The number of amides is 1. The fourth-order valence-corrected chi connectivity index (χ4v) is 2.31. The molecule has 2 rings (SSSR count). The van der Waals surface area contributed by atoms with Crippen LogP contribution in [0.25, 0.3) is 10.9 Å². The van der Waals surface area contributed by atoms with Gasteiger partial charge in [0.05, 0.1) is 7.11 Å². The highest BCUT2D eigenvalue weighted by Crippen LogP contribution is 2.19. The monoisotopic (exact) mass is 348 g/mol. The number of H-pyrrole nitrogens is 1. The Morgan fingerprint density at radius 3 is 2.44 bits per heavy atom. The first-order chi connectivity index (χ1) is 11.8. The Bertz CT molecular complexity index is 701. The minimum atomic E-state index is -0.811. The van der Waals surface area contributed by atoms with Gasteiger partial charge in [-0.25, -0.2) is 9.59 Å². The zero-order valence-corrected chi connectivity index (χ0v) is 15.8. The van der Waals surface area contributed by atoms with Crippen LogP contribution in [0.1, 0.15) is 40.2 Å². The standard InChI is InChI=1S/C17H22N2O4.C2H6/c1-17(2,3)23-16(21)19-14(15(20)22-4)9-11-10-18-13-8-6-5-7-12(11)13;1-2/h5-8,10,14,18H,9H2,1-4H3,(H,19,21);1-2H3. The number of esters is 1. The first-order valence-electron chi connectivity index (χ1n) is 8.42. The average Bonchev–Trinajstić information content (AvgIpc) is 2.97. The van der Waals surface area contributed by atoms with E-state index in [-0.39, 0.29) is 0 Å². The fraction of sp³-hybridized carbons (Fsp3) is 0.474. The molecule has 1 unspecified atom stereocenters. The van der Waals surface area contributed by atoms with Gasteiger partial charge in [-0.05, 0) is 32.4 Å². The van der Waals surface area contributed by atoms with Crippen LogP contribution in [0.3, 0.4) is 0 Å². The molecule has 2 aromatic rings. The number of carbonyl (C=O) groups excluding carboxylic acids is 2. The summed E-state index contributed by atoms with van der Waals surface area (Å²) in [5.41, 5.74) is 1.27. The third-order valence-electron chi connectivity index (χ3n) is 3.28. The topological polar surface area (TPSA) is 80.4 Å². The van der Waals surface area contributed by atoms with Crippen molar-refractivity contribution in [3.8, 4) is 0 Å². The maximum absolute atomic E-state index is 12.0. The molecule has 0 saturated carbocycles. The molecule has 0 radical (unpaired) electrons. The molecule has 2 N–H and O–H groups in total. The van der Waals surface area contributed by atoms with Gasteiger partial charge < -0.3 is 19.8 Å². The van der Waals surface area contributed by atoms with Crippen molar-refractivity contribution in [2.75, 3.05) is 7.11 Å². The lowest BCUT2D eigenvalue weighted by atomic mass is 10.1. The van der Waals surface area contributed by atoms with Crippen molar-refractivity contribution < 1.29 is 19.1 Å². The number of ether oxygens (including phenoxy) is 2. The van der Waals surface area contributed by atoms with Crippen molar-refractivity contribution in [3.05, 3.63) is 36.0 Å². The SMILES string of the molecule is CC.COC(=O)C(Cc1c[nH]c2ccccc12)NC(=O)OC(C)(C)C. The van der Waals surface area contributed by atoms with Crippen molar-refractivity contribution in [2.24, 2.45) is 0 Å². The quantitative estimate of drug-likeness (QED) is 0.824. The summed E-state index contributed by atoms with van der Waals surface area (Å²) >= 11 is 0. The van der Waals surface area contributed by atoms with E-state index in [9.17, 15) is 9.59 Å². The van der Waals surface area contributed by atoms with Crippen molar-refractivity contribution >= 4 is 23.0 Å². The number of aromatic amines is 1. The van der Waals surface area contributed by atoms with Crippen LogP contribution in [-0.4, -0.2) is 35.8 Å². The molecule has 0 saturated heterocycles. The summed E-state index contributed by atoms with van der Waals surface area (Å²) in [6.45, 7) is 9.29. The Kier molecular flexibility index (Phi) is 7.48. The second kappa shape index (κ2) is 9.11. The number of hydrogen-bond donors (Lipinski definition) is 2. The largest absolute Gasteiger partial charge is 0.467 e. The fourth-order valence-electron chi connectivity index (χ4n) is 2.31. The molecule has 0 aliphatic carbocycles. The number of methoxy groups -OCH3 is 1. The van der Waals surface area contributed by atoms with Crippen LogP contribution in [0.4, 0.5) is 4.79 Å². The van der Waals surface area contributed by atoms with Crippen LogP contribution < -0.4 is 5.32 Å². The molecule has 0 fully saturated rings. The summed E-state index contributed by atoms with van der Waals surface area (Å²) in [5.74, 6) is -0.513. The van der Waals surface area contributed by atoms with Gasteiger partial charge in [-0.3, -0.25) is 0 Å². The molecule has 6 nitrogen and oxygen atoms in total. The summed E-state index contributed by atoms with van der Waals surface area (Å²) in [7, 11) is 1.29. The van der Waals surface area contributed by atoms with Crippen LogP contribution in [-0.2, 0) is 20.7 Å². The molecule has 0 aliphatic heterocycles. The van der Waals surface area contributed by atoms with E-state index in [4.69, 9.17) is 9.47 Å². The van der Waals surface area contributed by atoms with Crippen LogP contribution in [0.15, 0.2) is 30.5 Å². The number of hydrogen-bond acceptors (Lipinski definition) is 4. The minimum Gasteiger partial charge on any atom is -0.467 e. The normalized spacial score (nSPS) is 11.9.